The third-order valence-corrected chi connectivity index (χ3v) is 3.09. The molecule has 1 aromatic rings. The maximum absolute atomic E-state index is 13.7. The van der Waals surface area contributed by atoms with E-state index < -0.39 is 0 Å². The van der Waals surface area contributed by atoms with Crippen LogP contribution in [0, 0.1) is 17.6 Å². The summed E-state index contributed by atoms with van der Waals surface area (Å²) in [5.74, 6) is -0.353. The molecule has 4 heteroatoms. The molecule has 0 radical (unpaired) electrons. The van der Waals surface area contributed by atoms with E-state index in [0.717, 1.165) is 19.2 Å². The Bertz CT molecular complexity index is 375. The lowest BCUT2D eigenvalue weighted by Crippen LogP contribution is -2.48. The highest BCUT2D eigenvalue weighted by Gasteiger charge is 2.31. The van der Waals surface area contributed by atoms with Gasteiger partial charge in [0.2, 0.25) is 0 Å². The molecule has 1 unspecified atom stereocenters. The van der Waals surface area contributed by atoms with Crippen LogP contribution in [0.5, 0.6) is 0 Å². The van der Waals surface area contributed by atoms with Crippen molar-refractivity contribution in [3.05, 3.63) is 35.4 Å². The largest absolute Gasteiger partial charge is 0.316 e. The molecule has 2 rings (SSSR count). The first-order valence-electron chi connectivity index (χ1n) is 5.41. The minimum atomic E-state index is -0.379. The Morgan fingerprint density at radius 3 is 2.50 bits per heavy atom. The summed E-state index contributed by atoms with van der Waals surface area (Å²) >= 11 is 0. The van der Waals surface area contributed by atoms with E-state index in [9.17, 15) is 8.78 Å². The number of nitrogens with zero attached hydrogens (tertiary/aromatic N) is 1. The van der Waals surface area contributed by atoms with Crippen molar-refractivity contribution in [3.63, 3.8) is 0 Å². The minimum Gasteiger partial charge on any atom is -0.316 e. The van der Waals surface area contributed by atoms with Crippen LogP contribution in [-0.4, -0.2) is 32.1 Å². The summed E-state index contributed by atoms with van der Waals surface area (Å²) in [6, 6.07) is 3.60. The highest BCUT2D eigenvalue weighted by Crippen LogP contribution is 2.31. The molecule has 1 aromatic carbocycles. The van der Waals surface area contributed by atoms with Crippen LogP contribution in [0.15, 0.2) is 18.2 Å². The zero-order valence-corrected chi connectivity index (χ0v) is 9.50. The Morgan fingerprint density at radius 2 is 2.00 bits per heavy atom. The van der Waals surface area contributed by atoms with E-state index in [2.05, 4.69) is 5.32 Å². The van der Waals surface area contributed by atoms with Gasteiger partial charge in [0.25, 0.3) is 0 Å². The molecular formula is C12H16F2N2. The fourth-order valence-electron chi connectivity index (χ4n) is 2.23. The monoisotopic (exact) mass is 226 g/mol. The summed E-state index contributed by atoms with van der Waals surface area (Å²) < 4.78 is 26.8. The first-order chi connectivity index (χ1) is 7.59. The lowest BCUT2D eigenvalue weighted by atomic mass is 9.87. The molecule has 1 atom stereocenters. The van der Waals surface area contributed by atoms with E-state index in [1.54, 1.807) is 0 Å². The van der Waals surface area contributed by atoms with Gasteiger partial charge < -0.3 is 10.2 Å². The van der Waals surface area contributed by atoms with Gasteiger partial charge in [0.05, 0.1) is 0 Å². The summed E-state index contributed by atoms with van der Waals surface area (Å²) in [4.78, 5) is 1.95. The maximum atomic E-state index is 13.7. The van der Waals surface area contributed by atoms with Gasteiger partial charge in [-0.25, -0.2) is 8.78 Å². The van der Waals surface area contributed by atoms with E-state index in [-0.39, 0.29) is 17.7 Å². The molecule has 1 N–H and O–H groups in total. The first kappa shape index (κ1) is 11.5. The molecule has 0 spiro atoms. The molecule has 0 saturated carbocycles. The topological polar surface area (TPSA) is 15.3 Å². The van der Waals surface area contributed by atoms with Gasteiger partial charge in [-0.2, -0.15) is 0 Å². The molecule has 0 amide bonds. The molecule has 1 saturated heterocycles. The smallest absolute Gasteiger partial charge is 0.128 e. The van der Waals surface area contributed by atoms with Crippen molar-refractivity contribution in [1.82, 2.24) is 10.2 Å². The Balaban J connectivity index is 2.33. The fraction of sp³-hybridized carbons (Fsp3) is 0.500. The highest BCUT2D eigenvalue weighted by atomic mass is 19.1. The molecule has 1 heterocycles. The summed E-state index contributed by atoms with van der Waals surface area (Å²) in [7, 11) is 3.79. The normalized spacial score (nSPS) is 18.6. The van der Waals surface area contributed by atoms with E-state index in [4.69, 9.17) is 0 Å². The Morgan fingerprint density at radius 1 is 1.31 bits per heavy atom. The zero-order valence-electron chi connectivity index (χ0n) is 9.50. The van der Waals surface area contributed by atoms with Gasteiger partial charge in [-0.15, -0.1) is 0 Å². The minimum absolute atomic E-state index is 0.0584. The molecule has 0 bridgehead atoms. The van der Waals surface area contributed by atoms with Crippen LogP contribution in [-0.2, 0) is 0 Å². The number of hydrogen-bond donors (Lipinski definition) is 1. The summed E-state index contributed by atoms with van der Waals surface area (Å²) in [5.41, 5.74) is 0.455. The fourth-order valence-corrected chi connectivity index (χ4v) is 2.23. The maximum Gasteiger partial charge on any atom is 0.128 e. The predicted octanol–water partition coefficient (Wildman–Crippen LogP) is 1.79. The third-order valence-electron chi connectivity index (χ3n) is 3.09. The van der Waals surface area contributed by atoms with Gasteiger partial charge in [0.15, 0.2) is 0 Å². The van der Waals surface area contributed by atoms with Crippen molar-refractivity contribution < 1.29 is 8.78 Å². The predicted molar refractivity (Wildman–Crippen MR) is 59.1 cm³/mol. The van der Waals surface area contributed by atoms with E-state index >= 15 is 0 Å². The van der Waals surface area contributed by atoms with Crippen molar-refractivity contribution in [1.29, 1.82) is 0 Å². The number of nitrogens with one attached hydrogen (secondary N) is 1. The number of rotatable bonds is 3. The lowest BCUT2D eigenvalue weighted by Gasteiger charge is -2.38. The van der Waals surface area contributed by atoms with Crippen LogP contribution in [0.4, 0.5) is 8.78 Å². The summed E-state index contributed by atoms with van der Waals surface area (Å²) in [6.07, 6.45) is 0. The quantitative estimate of drug-likeness (QED) is 0.845. The average Bonchev–Trinajstić information content (AvgIpc) is 2.15. The zero-order chi connectivity index (χ0) is 11.7. The second kappa shape index (κ2) is 4.47. The molecule has 1 aliphatic rings. The molecule has 1 aliphatic heterocycles. The first-order valence-corrected chi connectivity index (χ1v) is 5.41. The molecule has 16 heavy (non-hydrogen) atoms. The molecule has 0 aromatic heterocycles. The van der Waals surface area contributed by atoms with Gasteiger partial charge in [-0.05, 0) is 32.3 Å². The molecular weight excluding hydrogens is 210 g/mol. The van der Waals surface area contributed by atoms with Gasteiger partial charge >= 0.3 is 0 Å². The van der Waals surface area contributed by atoms with Crippen LogP contribution in [0.25, 0.3) is 0 Å². The van der Waals surface area contributed by atoms with Crippen molar-refractivity contribution in [2.45, 2.75) is 6.04 Å². The van der Waals surface area contributed by atoms with Gasteiger partial charge in [0, 0.05) is 30.6 Å². The van der Waals surface area contributed by atoms with Crippen LogP contribution in [0.3, 0.4) is 0 Å². The van der Waals surface area contributed by atoms with Crippen LogP contribution >= 0.6 is 0 Å². The van der Waals surface area contributed by atoms with Crippen molar-refractivity contribution in [2.75, 3.05) is 27.2 Å². The average molecular weight is 226 g/mol. The van der Waals surface area contributed by atoms with Gasteiger partial charge in [-0.3, -0.25) is 0 Å². The van der Waals surface area contributed by atoms with Gasteiger partial charge in [0.1, 0.15) is 11.6 Å². The highest BCUT2D eigenvalue weighted by molar-refractivity contribution is 5.24. The van der Waals surface area contributed by atoms with Crippen molar-refractivity contribution in [3.8, 4) is 0 Å². The van der Waals surface area contributed by atoms with Crippen LogP contribution in [0.1, 0.15) is 11.6 Å². The van der Waals surface area contributed by atoms with E-state index in [0.29, 0.717) is 11.5 Å². The van der Waals surface area contributed by atoms with Gasteiger partial charge in [-0.1, -0.05) is 0 Å². The van der Waals surface area contributed by atoms with Crippen LogP contribution in [0.2, 0.25) is 0 Å². The summed E-state index contributed by atoms with van der Waals surface area (Å²) in [6.45, 7) is 1.72. The Labute approximate surface area is 94.3 Å². The second-order valence-electron chi connectivity index (χ2n) is 4.49. The number of benzene rings is 1. The van der Waals surface area contributed by atoms with Crippen LogP contribution < -0.4 is 5.32 Å². The standard InChI is InChI=1S/C12H16F2N2/c1-16(2)12(8-6-15-7-8)10-5-9(13)3-4-11(10)14/h3-5,8,12,15H,6-7H2,1-2H3. The molecule has 1 fully saturated rings. The number of hydrogen-bond acceptors (Lipinski definition) is 2. The van der Waals surface area contributed by atoms with Crippen molar-refractivity contribution in [2.24, 2.45) is 5.92 Å². The number of halogens is 2. The van der Waals surface area contributed by atoms with E-state index in [1.165, 1.54) is 12.1 Å². The summed E-state index contributed by atoms with van der Waals surface area (Å²) in [5, 5.41) is 3.16. The Kier molecular flexibility index (Phi) is 3.21. The van der Waals surface area contributed by atoms with Crippen molar-refractivity contribution >= 4 is 0 Å². The molecule has 2 nitrogen and oxygen atoms in total. The van der Waals surface area contributed by atoms with E-state index in [1.807, 2.05) is 19.0 Å². The second-order valence-corrected chi connectivity index (χ2v) is 4.49. The Hall–Kier alpha value is -1.00. The molecule has 88 valence electrons. The third kappa shape index (κ3) is 2.08. The lowest BCUT2D eigenvalue weighted by molar-refractivity contribution is 0.157. The SMILES string of the molecule is CN(C)C(c1cc(F)ccc1F)C1CNC1. The molecule has 0 aliphatic carbocycles.